The molecule has 0 aliphatic carbocycles. The Morgan fingerprint density at radius 1 is 1.33 bits per heavy atom. The van der Waals surface area contributed by atoms with Crippen LogP contribution in [0.25, 0.3) is 0 Å². The van der Waals surface area contributed by atoms with Crippen LogP contribution < -0.4 is 0 Å². The van der Waals surface area contributed by atoms with E-state index in [1.54, 1.807) is 11.0 Å². The molecule has 0 atom stereocenters. The van der Waals surface area contributed by atoms with Crippen LogP contribution in [0.2, 0.25) is 0 Å². The highest BCUT2D eigenvalue weighted by Crippen LogP contribution is 2.15. The average Bonchev–Trinajstić information content (AvgIpc) is 2.89. The molecule has 0 saturated carbocycles. The number of carboxylic acid groups (broad SMARTS) is 1. The zero-order valence-electron chi connectivity index (χ0n) is 12.9. The molecule has 0 unspecified atom stereocenters. The molecule has 2 rings (SSSR count). The van der Waals surface area contributed by atoms with Crippen molar-refractivity contribution >= 4 is 5.97 Å². The first kappa shape index (κ1) is 15.2. The molecule has 0 saturated heterocycles. The molecule has 21 heavy (non-hydrogen) atoms. The van der Waals surface area contributed by atoms with Crippen LogP contribution >= 0.6 is 0 Å². The third kappa shape index (κ3) is 3.48. The maximum Gasteiger partial charge on any atom is 0.307 e. The number of rotatable bonds is 6. The molecule has 2 aromatic rings. The largest absolute Gasteiger partial charge is 0.481 e. The van der Waals surface area contributed by atoms with Crippen molar-refractivity contribution < 1.29 is 9.90 Å². The van der Waals surface area contributed by atoms with Crippen molar-refractivity contribution in [1.82, 2.24) is 24.5 Å². The van der Waals surface area contributed by atoms with Crippen LogP contribution in [-0.4, -0.2) is 35.6 Å². The van der Waals surface area contributed by atoms with E-state index in [1.807, 2.05) is 18.5 Å². The predicted molar refractivity (Wildman–Crippen MR) is 77.0 cm³/mol. The Kier molecular flexibility index (Phi) is 4.40. The number of aryl methyl sites for hydroxylation is 1. The molecule has 0 aliphatic rings. The van der Waals surface area contributed by atoms with Crippen molar-refractivity contribution in [3.05, 3.63) is 29.1 Å². The fourth-order valence-corrected chi connectivity index (χ4v) is 2.34. The molecule has 1 N–H and O–H groups in total. The van der Waals surface area contributed by atoms with E-state index in [-0.39, 0.29) is 6.42 Å². The topological polar surface area (TPSA) is 85.8 Å². The normalized spacial score (nSPS) is 11.3. The lowest BCUT2D eigenvalue weighted by Gasteiger charge is -2.09. The van der Waals surface area contributed by atoms with E-state index in [0.717, 1.165) is 29.3 Å². The first-order chi connectivity index (χ1) is 9.88. The van der Waals surface area contributed by atoms with Gasteiger partial charge in [0.1, 0.15) is 18.7 Å². The molecule has 7 heteroatoms. The molecule has 114 valence electrons. The summed E-state index contributed by atoms with van der Waals surface area (Å²) in [4.78, 5) is 15.2. The highest BCUT2D eigenvalue weighted by Gasteiger charge is 2.16. The molecule has 0 aromatic carbocycles. The molecule has 0 amide bonds. The number of aromatic nitrogens is 5. The van der Waals surface area contributed by atoms with Crippen LogP contribution in [0.5, 0.6) is 0 Å². The number of carbonyl (C=O) groups is 1. The molecule has 0 radical (unpaired) electrons. The van der Waals surface area contributed by atoms with Crippen LogP contribution in [0.3, 0.4) is 0 Å². The molecular weight excluding hydrogens is 270 g/mol. The Hall–Kier alpha value is -2.18. The average molecular weight is 291 g/mol. The van der Waals surface area contributed by atoms with Gasteiger partial charge >= 0.3 is 5.97 Å². The van der Waals surface area contributed by atoms with E-state index in [2.05, 4.69) is 29.0 Å². The van der Waals surface area contributed by atoms with E-state index in [1.165, 1.54) is 0 Å². The molecule has 2 aromatic heterocycles. The first-order valence-corrected chi connectivity index (χ1v) is 6.99. The van der Waals surface area contributed by atoms with Gasteiger partial charge < -0.3 is 5.11 Å². The van der Waals surface area contributed by atoms with Gasteiger partial charge in [0.15, 0.2) is 0 Å². The van der Waals surface area contributed by atoms with Gasteiger partial charge in [-0.1, -0.05) is 13.8 Å². The second kappa shape index (κ2) is 6.07. The summed E-state index contributed by atoms with van der Waals surface area (Å²) >= 11 is 0. The Balaban J connectivity index is 2.24. The second-order valence-electron chi connectivity index (χ2n) is 5.63. The molecule has 0 aliphatic heterocycles. The van der Waals surface area contributed by atoms with Crippen LogP contribution in [0, 0.1) is 19.8 Å². The van der Waals surface area contributed by atoms with Gasteiger partial charge in [0.25, 0.3) is 0 Å². The SMILES string of the molecule is Cc1nn(Cc2ncnn2CC(C)C)c(C)c1CC(=O)O. The predicted octanol–water partition coefficient (Wildman–Crippen LogP) is 1.42. The van der Waals surface area contributed by atoms with E-state index in [0.29, 0.717) is 12.5 Å². The summed E-state index contributed by atoms with van der Waals surface area (Å²) in [5, 5.41) is 17.6. The first-order valence-electron chi connectivity index (χ1n) is 6.99. The molecular formula is C14H21N5O2. The zero-order valence-corrected chi connectivity index (χ0v) is 12.9. The molecule has 7 nitrogen and oxygen atoms in total. The lowest BCUT2D eigenvalue weighted by molar-refractivity contribution is -0.136. The summed E-state index contributed by atoms with van der Waals surface area (Å²) in [5.41, 5.74) is 2.40. The van der Waals surface area contributed by atoms with Crippen LogP contribution in [0.1, 0.15) is 36.6 Å². The van der Waals surface area contributed by atoms with Gasteiger partial charge in [-0.2, -0.15) is 10.2 Å². The fraction of sp³-hybridized carbons (Fsp3) is 0.571. The van der Waals surface area contributed by atoms with Gasteiger partial charge in [0.05, 0.1) is 12.1 Å². The quantitative estimate of drug-likeness (QED) is 0.870. The fourth-order valence-electron chi connectivity index (χ4n) is 2.34. The number of carboxylic acids is 1. The summed E-state index contributed by atoms with van der Waals surface area (Å²) < 4.78 is 3.67. The van der Waals surface area contributed by atoms with Crippen molar-refractivity contribution in [2.45, 2.75) is 47.2 Å². The Bertz CT molecular complexity index is 642. The van der Waals surface area contributed by atoms with E-state index < -0.39 is 5.97 Å². The van der Waals surface area contributed by atoms with E-state index in [4.69, 9.17) is 5.11 Å². The Morgan fingerprint density at radius 2 is 2.05 bits per heavy atom. The van der Waals surface area contributed by atoms with Gasteiger partial charge in [-0.3, -0.25) is 9.48 Å². The maximum atomic E-state index is 10.9. The highest BCUT2D eigenvalue weighted by atomic mass is 16.4. The molecule has 0 spiro atoms. The van der Waals surface area contributed by atoms with Crippen molar-refractivity contribution in [2.75, 3.05) is 0 Å². The summed E-state index contributed by atoms with van der Waals surface area (Å²) in [6.45, 7) is 9.27. The maximum absolute atomic E-state index is 10.9. The summed E-state index contributed by atoms with van der Waals surface area (Å²) in [6.07, 6.45) is 1.54. The molecule has 0 bridgehead atoms. The van der Waals surface area contributed by atoms with Gasteiger partial charge in [0.2, 0.25) is 0 Å². The Morgan fingerprint density at radius 3 is 2.67 bits per heavy atom. The second-order valence-corrected chi connectivity index (χ2v) is 5.63. The highest BCUT2D eigenvalue weighted by molar-refractivity contribution is 5.70. The summed E-state index contributed by atoms with van der Waals surface area (Å²) in [7, 11) is 0. The molecule has 0 fully saturated rings. The van der Waals surface area contributed by atoms with Gasteiger partial charge in [-0.15, -0.1) is 0 Å². The van der Waals surface area contributed by atoms with Crippen molar-refractivity contribution in [1.29, 1.82) is 0 Å². The van der Waals surface area contributed by atoms with Gasteiger partial charge in [-0.25, -0.2) is 9.67 Å². The number of hydrogen-bond donors (Lipinski definition) is 1. The van der Waals surface area contributed by atoms with Crippen molar-refractivity contribution in [2.24, 2.45) is 5.92 Å². The summed E-state index contributed by atoms with van der Waals surface area (Å²) in [6, 6.07) is 0. The van der Waals surface area contributed by atoms with Crippen molar-refractivity contribution in [3.63, 3.8) is 0 Å². The van der Waals surface area contributed by atoms with Crippen LogP contribution in [0.4, 0.5) is 0 Å². The van der Waals surface area contributed by atoms with Gasteiger partial charge in [0, 0.05) is 17.8 Å². The zero-order chi connectivity index (χ0) is 15.6. The smallest absolute Gasteiger partial charge is 0.307 e. The minimum atomic E-state index is -0.844. The van der Waals surface area contributed by atoms with Gasteiger partial charge in [-0.05, 0) is 19.8 Å². The number of nitrogens with zero attached hydrogens (tertiary/aromatic N) is 5. The molecule has 2 heterocycles. The van der Waals surface area contributed by atoms with E-state index in [9.17, 15) is 4.79 Å². The number of hydrogen-bond acceptors (Lipinski definition) is 4. The monoisotopic (exact) mass is 291 g/mol. The van der Waals surface area contributed by atoms with Crippen molar-refractivity contribution in [3.8, 4) is 0 Å². The Labute approximate surface area is 123 Å². The third-order valence-electron chi connectivity index (χ3n) is 3.38. The third-order valence-corrected chi connectivity index (χ3v) is 3.38. The minimum absolute atomic E-state index is 0.00362. The minimum Gasteiger partial charge on any atom is -0.481 e. The summed E-state index contributed by atoms with van der Waals surface area (Å²) in [5.74, 6) is 0.466. The standard InChI is InChI=1S/C14H21N5O2/c1-9(2)6-19-13(15-8-16-19)7-18-11(4)12(5-14(20)21)10(3)17-18/h8-9H,5-7H2,1-4H3,(H,20,21). The number of aliphatic carboxylic acids is 1. The lowest BCUT2D eigenvalue weighted by Crippen LogP contribution is -2.14. The van der Waals surface area contributed by atoms with Crippen LogP contribution in [-0.2, 0) is 24.3 Å². The van der Waals surface area contributed by atoms with Crippen LogP contribution in [0.15, 0.2) is 6.33 Å². The lowest BCUT2D eigenvalue weighted by atomic mass is 10.1. The van der Waals surface area contributed by atoms with E-state index >= 15 is 0 Å².